The highest BCUT2D eigenvalue weighted by Crippen LogP contribution is 2.27. The van der Waals surface area contributed by atoms with Crippen molar-refractivity contribution in [3.63, 3.8) is 0 Å². The van der Waals surface area contributed by atoms with Crippen LogP contribution >= 0.6 is 0 Å². The molecule has 22 heavy (non-hydrogen) atoms. The number of hydrogen-bond donors (Lipinski definition) is 1. The van der Waals surface area contributed by atoms with E-state index in [1.165, 1.54) is 0 Å². The summed E-state index contributed by atoms with van der Waals surface area (Å²) < 4.78 is 39.2. The van der Waals surface area contributed by atoms with Crippen LogP contribution in [0.15, 0.2) is 36.4 Å². The molecule has 8 heteroatoms. The first-order valence-electron chi connectivity index (χ1n) is 6.53. The molecule has 0 aliphatic carbocycles. The van der Waals surface area contributed by atoms with Gasteiger partial charge in [0.05, 0.1) is 0 Å². The zero-order valence-electron chi connectivity index (χ0n) is 11.6. The molecule has 0 saturated carbocycles. The molecule has 1 N–H and O–H groups in total. The molecule has 1 aromatic carbocycles. The molecule has 2 aromatic heterocycles. The predicted octanol–water partition coefficient (Wildman–Crippen LogP) is 3.06. The summed E-state index contributed by atoms with van der Waals surface area (Å²) in [5.41, 5.74) is 1.56. The van der Waals surface area contributed by atoms with E-state index in [4.69, 9.17) is 0 Å². The van der Waals surface area contributed by atoms with E-state index in [0.29, 0.717) is 18.1 Å². The lowest BCUT2D eigenvalue weighted by Crippen LogP contribution is -2.09. The Hall–Kier alpha value is -2.64. The van der Waals surface area contributed by atoms with Crippen LogP contribution in [0.1, 0.15) is 17.1 Å². The predicted molar refractivity (Wildman–Crippen MR) is 74.3 cm³/mol. The SMILES string of the molecule is Cc1cc(NCc2ccccc2)n2nc(C(F)(F)F)nc2n1. The average molecular weight is 307 g/mol. The fraction of sp³-hybridized carbons (Fsp3) is 0.214. The van der Waals surface area contributed by atoms with Gasteiger partial charge in [-0.25, -0.2) is 4.98 Å². The van der Waals surface area contributed by atoms with Crippen LogP contribution in [-0.2, 0) is 12.7 Å². The second kappa shape index (κ2) is 5.28. The number of aromatic nitrogens is 4. The van der Waals surface area contributed by atoms with Crippen molar-refractivity contribution in [3.05, 3.63) is 53.5 Å². The smallest absolute Gasteiger partial charge is 0.366 e. The maximum absolute atomic E-state index is 12.7. The molecule has 0 bridgehead atoms. The zero-order valence-corrected chi connectivity index (χ0v) is 11.6. The van der Waals surface area contributed by atoms with Gasteiger partial charge in [0.15, 0.2) is 0 Å². The van der Waals surface area contributed by atoms with Crippen LogP contribution in [-0.4, -0.2) is 19.6 Å². The first kappa shape index (κ1) is 14.3. The zero-order chi connectivity index (χ0) is 15.7. The highest BCUT2D eigenvalue weighted by atomic mass is 19.4. The maximum atomic E-state index is 12.7. The number of nitrogens with one attached hydrogen (secondary N) is 1. The topological polar surface area (TPSA) is 55.1 Å². The van der Waals surface area contributed by atoms with Crippen LogP contribution in [0.2, 0.25) is 0 Å². The molecular formula is C14H12F3N5. The van der Waals surface area contributed by atoms with Crippen LogP contribution in [0, 0.1) is 6.92 Å². The van der Waals surface area contributed by atoms with Gasteiger partial charge in [0.1, 0.15) is 5.82 Å². The monoisotopic (exact) mass is 307 g/mol. The molecule has 0 aliphatic heterocycles. The van der Waals surface area contributed by atoms with Gasteiger partial charge in [-0.3, -0.25) is 0 Å². The van der Waals surface area contributed by atoms with Gasteiger partial charge in [-0.15, -0.1) is 5.10 Å². The van der Waals surface area contributed by atoms with Crippen molar-refractivity contribution in [2.24, 2.45) is 0 Å². The molecule has 0 radical (unpaired) electrons. The summed E-state index contributed by atoms with van der Waals surface area (Å²) in [6, 6.07) is 11.1. The van der Waals surface area contributed by atoms with E-state index >= 15 is 0 Å². The van der Waals surface area contributed by atoms with Crippen LogP contribution in [0.25, 0.3) is 5.78 Å². The average Bonchev–Trinajstić information content (AvgIpc) is 2.90. The van der Waals surface area contributed by atoms with Gasteiger partial charge in [0.2, 0.25) is 0 Å². The third kappa shape index (κ3) is 2.85. The molecule has 3 aromatic rings. The van der Waals surface area contributed by atoms with Crippen molar-refractivity contribution in [2.75, 3.05) is 5.32 Å². The number of rotatable bonds is 3. The summed E-state index contributed by atoms with van der Waals surface area (Å²) in [6.45, 7) is 2.15. The fourth-order valence-electron chi connectivity index (χ4n) is 2.02. The summed E-state index contributed by atoms with van der Waals surface area (Å²) >= 11 is 0. The van der Waals surface area contributed by atoms with Crippen molar-refractivity contribution < 1.29 is 13.2 Å². The lowest BCUT2D eigenvalue weighted by Gasteiger charge is -2.08. The lowest BCUT2D eigenvalue weighted by atomic mass is 10.2. The van der Waals surface area contributed by atoms with Gasteiger partial charge < -0.3 is 5.32 Å². The maximum Gasteiger partial charge on any atom is 0.453 e. The van der Waals surface area contributed by atoms with E-state index in [-0.39, 0.29) is 5.78 Å². The first-order valence-corrected chi connectivity index (χ1v) is 6.53. The second-order valence-corrected chi connectivity index (χ2v) is 4.77. The lowest BCUT2D eigenvalue weighted by molar-refractivity contribution is -0.144. The highest BCUT2D eigenvalue weighted by Gasteiger charge is 2.36. The Labute approximate surface area is 123 Å². The molecule has 114 valence electrons. The number of halogens is 3. The van der Waals surface area contributed by atoms with Crippen molar-refractivity contribution in [3.8, 4) is 0 Å². The van der Waals surface area contributed by atoms with Crippen molar-refractivity contribution in [1.82, 2.24) is 19.6 Å². The van der Waals surface area contributed by atoms with Gasteiger partial charge in [-0.05, 0) is 12.5 Å². The minimum absolute atomic E-state index is 0.0807. The molecule has 0 saturated heterocycles. The highest BCUT2D eigenvalue weighted by molar-refractivity contribution is 5.45. The van der Waals surface area contributed by atoms with Crippen molar-refractivity contribution in [1.29, 1.82) is 0 Å². The third-order valence-electron chi connectivity index (χ3n) is 3.01. The van der Waals surface area contributed by atoms with Crippen LogP contribution in [0.5, 0.6) is 0 Å². The van der Waals surface area contributed by atoms with Gasteiger partial charge in [0, 0.05) is 18.3 Å². The summed E-state index contributed by atoms with van der Waals surface area (Å²) in [6.07, 6.45) is -4.60. The van der Waals surface area contributed by atoms with Gasteiger partial charge in [-0.2, -0.15) is 22.7 Å². The quantitative estimate of drug-likeness (QED) is 0.808. The Morgan fingerprint density at radius 3 is 2.55 bits per heavy atom. The van der Waals surface area contributed by atoms with Gasteiger partial charge in [0.25, 0.3) is 11.6 Å². The van der Waals surface area contributed by atoms with Gasteiger partial charge in [-0.1, -0.05) is 30.3 Å². The van der Waals surface area contributed by atoms with Crippen LogP contribution < -0.4 is 5.32 Å². The molecule has 3 rings (SSSR count). The van der Waals surface area contributed by atoms with Crippen molar-refractivity contribution >= 4 is 11.6 Å². The molecule has 0 fully saturated rings. The van der Waals surface area contributed by atoms with Crippen molar-refractivity contribution in [2.45, 2.75) is 19.6 Å². The Kier molecular flexibility index (Phi) is 3.44. The Morgan fingerprint density at radius 2 is 1.86 bits per heavy atom. The molecule has 0 amide bonds. The Morgan fingerprint density at radius 1 is 1.14 bits per heavy atom. The van der Waals surface area contributed by atoms with E-state index in [1.54, 1.807) is 13.0 Å². The number of aryl methyl sites for hydroxylation is 1. The van der Waals surface area contributed by atoms with E-state index in [9.17, 15) is 13.2 Å². The third-order valence-corrected chi connectivity index (χ3v) is 3.01. The van der Waals surface area contributed by atoms with E-state index < -0.39 is 12.0 Å². The summed E-state index contributed by atoms with van der Waals surface area (Å²) in [5.74, 6) is -0.870. The van der Waals surface area contributed by atoms with E-state index in [1.807, 2.05) is 30.3 Å². The normalized spacial score (nSPS) is 11.8. The number of alkyl halides is 3. The van der Waals surface area contributed by atoms with Crippen LogP contribution in [0.4, 0.5) is 19.0 Å². The van der Waals surface area contributed by atoms with E-state index in [0.717, 1.165) is 10.1 Å². The molecule has 0 spiro atoms. The summed E-state index contributed by atoms with van der Waals surface area (Å²) in [4.78, 5) is 7.41. The standard InChI is InChI=1S/C14H12F3N5/c1-9-7-11(18-8-10-5-3-2-4-6-10)22-13(19-9)20-12(21-22)14(15,16)17/h2-7,18H,8H2,1H3. The fourth-order valence-corrected chi connectivity index (χ4v) is 2.02. The Balaban J connectivity index is 1.96. The van der Waals surface area contributed by atoms with Gasteiger partial charge >= 0.3 is 6.18 Å². The minimum Gasteiger partial charge on any atom is -0.366 e. The van der Waals surface area contributed by atoms with E-state index in [2.05, 4.69) is 20.4 Å². The largest absolute Gasteiger partial charge is 0.453 e. The molecule has 0 aliphatic rings. The molecular weight excluding hydrogens is 295 g/mol. The molecule has 2 heterocycles. The summed E-state index contributed by atoms with van der Waals surface area (Å²) in [5, 5.41) is 6.56. The number of nitrogens with zero attached hydrogens (tertiary/aromatic N) is 4. The second-order valence-electron chi connectivity index (χ2n) is 4.77. The summed E-state index contributed by atoms with van der Waals surface area (Å²) in [7, 11) is 0. The minimum atomic E-state index is -4.60. The molecule has 5 nitrogen and oxygen atoms in total. The number of anilines is 1. The number of hydrogen-bond acceptors (Lipinski definition) is 4. The Bertz CT molecular complexity index is 795. The molecule has 0 unspecified atom stereocenters. The number of benzene rings is 1. The molecule has 0 atom stereocenters. The number of fused-ring (bicyclic) bond motifs is 1. The first-order chi connectivity index (χ1) is 10.4. The van der Waals surface area contributed by atoms with Crippen LogP contribution in [0.3, 0.4) is 0 Å².